The minimum Gasteiger partial charge on any atom is -0.497 e. The highest BCUT2D eigenvalue weighted by Crippen LogP contribution is 2.13. The summed E-state index contributed by atoms with van der Waals surface area (Å²) in [6.45, 7) is 0. The summed E-state index contributed by atoms with van der Waals surface area (Å²) in [6, 6.07) is 7.66. The number of hydrogen-bond donors (Lipinski definition) is 1. The fourth-order valence-corrected chi connectivity index (χ4v) is 1.33. The zero-order chi connectivity index (χ0) is 11.4. The topological polar surface area (TPSA) is 51.0 Å². The summed E-state index contributed by atoms with van der Waals surface area (Å²) in [7, 11) is 1.64. The summed E-state index contributed by atoms with van der Waals surface area (Å²) >= 11 is 4.76. The molecule has 0 spiro atoms. The largest absolute Gasteiger partial charge is 0.497 e. The Morgan fingerprint density at radius 2 is 2.06 bits per heavy atom. The second kappa shape index (κ2) is 4.76. The van der Waals surface area contributed by atoms with Crippen LogP contribution in [-0.4, -0.2) is 17.3 Å². The molecule has 5 heteroatoms. The molecule has 0 aliphatic carbocycles. The van der Waals surface area contributed by atoms with E-state index in [2.05, 4.69) is 10.2 Å². The highest BCUT2D eigenvalue weighted by Gasteiger charge is 1.93. The van der Waals surface area contributed by atoms with Gasteiger partial charge in [-0.3, -0.25) is 0 Å². The van der Waals surface area contributed by atoms with Gasteiger partial charge in [-0.2, -0.15) is 0 Å². The standard InChI is InChI=1S/C11H10N2O2S/c1-14-9-5-2-8(3-6-9)4-7-10-12-13-11(16)15-10/h2-7H,1H3,(H,13,16)/b7-4+. The third-order valence-electron chi connectivity index (χ3n) is 1.99. The molecule has 1 heterocycles. The Morgan fingerprint density at radius 3 is 2.62 bits per heavy atom. The van der Waals surface area contributed by atoms with Crippen LogP contribution in [0.2, 0.25) is 0 Å². The molecule has 0 unspecified atom stereocenters. The normalized spacial score (nSPS) is 10.8. The average molecular weight is 234 g/mol. The summed E-state index contributed by atoms with van der Waals surface area (Å²) < 4.78 is 10.1. The highest BCUT2D eigenvalue weighted by molar-refractivity contribution is 7.71. The van der Waals surface area contributed by atoms with Gasteiger partial charge in [0.15, 0.2) is 0 Å². The number of H-pyrrole nitrogens is 1. The van der Waals surface area contributed by atoms with Crippen LogP contribution in [0.1, 0.15) is 11.5 Å². The minimum absolute atomic E-state index is 0.273. The first-order valence-electron chi connectivity index (χ1n) is 4.65. The Bertz CT molecular complexity index is 540. The molecule has 0 atom stereocenters. The van der Waals surface area contributed by atoms with Gasteiger partial charge in [0.05, 0.1) is 7.11 Å². The summed E-state index contributed by atoms with van der Waals surface area (Å²) in [5, 5.41) is 6.41. The van der Waals surface area contributed by atoms with Crippen LogP contribution >= 0.6 is 12.2 Å². The van der Waals surface area contributed by atoms with Crippen molar-refractivity contribution in [1.29, 1.82) is 0 Å². The smallest absolute Gasteiger partial charge is 0.284 e. The van der Waals surface area contributed by atoms with E-state index in [1.165, 1.54) is 0 Å². The van der Waals surface area contributed by atoms with Gasteiger partial charge in [0.1, 0.15) is 5.75 Å². The summed E-state index contributed by atoms with van der Waals surface area (Å²) in [4.78, 5) is 0.273. The lowest BCUT2D eigenvalue weighted by atomic mass is 10.2. The minimum atomic E-state index is 0.273. The number of aromatic nitrogens is 2. The zero-order valence-corrected chi connectivity index (χ0v) is 9.45. The second-order valence-electron chi connectivity index (χ2n) is 3.06. The molecule has 0 saturated heterocycles. The van der Waals surface area contributed by atoms with Gasteiger partial charge in [-0.1, -0.05) is 12.1 Å². The van der Waals surface area contributed by atoms with Crippen LogP contribution < -0.4 is 4.74 Å². The molecule has 0 aliphatic rings. The van der Waals surface area contributed by atoms with Crippen molar-refractivity contribution in [2.45, 2.75) is 0 Å². The SMILES string of the molecule is COc1ccc(/C=C/c2n[nH]c(=S)o2)cc1. The number of benzene rings is 1. The Balaban J connectivity index is 2.14. The van der Waals surface area contributed by atoms with Crippen molar-refractivity contribution in [2.24, 2.45) is 0 Å². The van der Waals surface area contributed by atoms with Crippen LogP contribution in [-0.2, 0) is 0 Å². The molecule has 0 bridgehead atoms. The van der Waals surface area contributed by atoms with Crippen LogP contribution in [0.3, 0.4) is 0 Å². The Labute approximate surface area is 97.6 Å². The lowest BCUT2D eigenvalue weighted by molar-refractivity contribution is 0.415. The number of hydrogen-bond acceptors (Lipinski definition) is 4. The van der Waals surface area contributed by atoms with Crippen molar-refractivity contribution < 1.29 is 9.15 Å². The van der Waals surface area contributed by atoms with Gasteiger partial charge in [-0.25, -0.2) is 5.10 Å². The first kappa shape index (κ1) is 10.6. The van der Waals surface area contributed by atoms with Crippen molar-refractivity contribution in [1.82, 2.24) is 10.2 Å². The third-order valence-corrected chi connectivity index (χ3v) is 2.16. The Hall–Kier alpha value is -1.88. The fraction of sp³-hybridized carbons (Fsp3) is 0.0909. The molecule has 0 fully saturated rings. The molecule has 2 aromatic rings. The molecule has 4 nitrogen and oxygen atoms in total. The summed E-state index contributed by atoms with van der Waals surface area (Å²) in [5.41, 5.74) is 1.03. The number of methoxy groups -OCH3 is 1. The van der Waals surface area contributed by atoms with E-state index in [1.54, 1.807) is 13.2 Å². The van der Waals surface area contributed by atoms with E-state index in [9.17, 15) is 0 Å². The van der Waals surface area contributed by atoms with Crippen molar-refractivity contribution in [3.63, 3.8) is 0 Å². The summed E-state index contributed by atoms with van der Waals surface area (Å²) in [6.07, 6.45) is 3.63. The second-order valence-corrected chi connectivity index (χ2v) is 3.43. The van der Waals surface area contributed by atoms with Crippen LogP contribution in [0.5, 0.6) is 5.75 Å². The molecule has 2 rings (SSSR count). The average Bonchev–Trinajstić information content (AvgIpc) is 2.73. The van der Waals surface area contributed by atoms with E-state index in [0.29, 0.717) is 5.89 Å². The van der Waals surface area contributed by atoms with Gasteiger partial charge < -0.3 is 9.15 Å². The maximum Gasteiger partial charge on any atom is 0.284 e. The molecule has 82 valence electrons. The maximum absolute atomic E-state index is 5.09. The first-order chi connectivity index (χ1) is 7.78. The highest BCUT2D eigenvalue weighted by atomic mass is 32.1. The van der Waals surface area contributed by atoms with Crippen molar-refractivity contribution >= 4 is 24.4 Å². The van der Waals surface area contributed by atoms with E-state index in [1.807, 2.05) is 30.3 Å². The zero-order valence-electron chi connectivity index (χ0n) is 8.64. The lowest BCUT2D eigenvalue weighted by Gasteiger charge is -1.98. The van der Waals surface area contributed by atoms with Gasteiger partial charge in [0.2, 0.25) is 5.89 Å². The van der Waals surface area contributed by atoms with Crippen LogP contribution in [0, 0.1) is 4.84 Å². The first-order valence-corrected chi connectivity index (χ1v) is 5.06. The molecule has 1 N–H and O–H groups in total. The van der Waals surface area contributed by atoms with E-state index in [-0.39, 0.29) is 4.84 Å². The predicted octanol–water partition coefficient (Wildman–Crippen LogP) is 2.91. The van der Waals surface area contributed by atoms with Gasteiger partial charge in [-0.15, -0.1) is 5.10 Å². The quantitative estimate of drug-likeness (QED) is 0.829. The molecular formula is C11H10N2O2S. The molecule has 1 aromatic heterocycles. The molecule has 0 saturated carbocycles. The van der Waals surface area contributed by atoms with E-state index < -0.39 is 0 Å². The van der Waals surface area contributed by atoms with Gasteiger partial charge in [0.25, 0.3) is 4.84 Å². The third kappa shape index (κ3) is 2.58. The van der Waals surface area contributed by atoms with E-state index >= 15 is 0 Å². The van der Waals surface area contributed by atoms with Crippen molar-refractivity contribution in [2.75, 3.05) is 7.11 Å². The van der Waals surface area contributed by atoms with E-state index in [4.69, 9.17) is 21.4 Å². The fourth-order valence-electron chi connectivity index (χ4n) is 1.20. The van der Waals surface area contributed by atoms with Crippen molar-refractivity contribution in [3.05, 3.63) is 40.6 Å². The Kier molecular flexibility index (Phi) is 3.16. The Morgan fingerprint density at radius 1 is 1.31 bits per heavy atom. The van der Waals surface area contributed by atoms with Crippen molar-refractivity contribution in [3.8, 4) is 5.75 Å². The molecule has 0 radical (unpaired) electrons. The van der Waals surface area contributed by atoms with Crippen LogP contribution in [0.25, 0.3) is 12.2 Å². The molecular weight excluding hydrogens is 224 g/mol. The summed E-state index contributed by atoms with van der Waals surface area (Å²) in [5.74, 6) is 1.29. The molecule has 16 heavy (non-hydrogen) atoms. The lowest BCUT2D eigenvalue weighted by Crippen LogP contribution is -1.81. The van der Waals surface area contributed by atoms with Gasteiger partial charge in [0, 0.05) is 6.08 Å². The molecule has 0 amide bonds. The van der Waals surface area contributed by atoms with Gasteiger partial charge >= 0.3 is 0 Å². The molecule has 1 aromatic carbocycles. The number of nitrogens with one attached hydrogen (secondary N) is 1. The number of nitrogens with zero attached hydrogens (tertiary/aromatic N) is 1. The van der Waals surface area contributed by atoms with Crippen LogP contribution in [0.4, 0.5) is 0 Å². The van der Waals surface area contributed by atoms with Crippen LogP contribution in [0.15, 0.2) is 28.7 Å². The van der Waals surface area contributed by atoms with Gasteiger partial charge in [-0.05, 0) is 36.0 Å². The monoisotopic (exact) mass is 234 g/mol. The number of ether oxygens (including phenoxy) is 1. The number of rotatable bonds is 3. The predicted molar refractivity (Wildman–Crippen MR) is 63.6 cm³/mol. The van der Waals surface area contributed by atoms with E-state index in [0.717, 1.165) is 11.3 Å². The molecule has 0 aliphatic heterocycles. The maximum atomic E-state index is 5.09. The number of aromatic amines is 1.